The first kappa shape index (κ1) is 26.2. The van der Waals surface area contributed by atoms with Gasteiger partial charge in [-0.25, -0.2) is 4.79 Å². The van der Waals surface area contributed by atoms with Crippen molar-refractivity contribution in [3.8, 4) is 0 Å². The Morgan fingerprint density at radius 3 is 2.16 bits per heavy atom. The van der Waals surface area contributed by atoms with E-state index in [2.05, 4.69) is 10.1 Å². The lowest BCUT2D eigenvalue weighted by atomic mass is 10.1. The summed E-state index contributed by atoms with van der Waals surface area (Å²) in [5.41, 5.74) is -0.132. The lowest BCUT2D eigenvalue weighted by molar-refractivity contribution is -0.171. The number of alkyl halides is 3. The molecule has 174 valence electrons. The number of halogens is 3. The zero-order chi connectivity index (χ0) is 23.7. The highest BCUT2D eigenvalue weighted by Crippen LogP contribution is 2.23. The number of hydrogen-bond acceptors (Lipinski definition) is 6. The van der Waals surface area contributed by atoms with E-state index in [0.29, 0.717) is 0 Å². The zero-order valence-electron chi connectivity index (χ0n) is 17.7. The Balaban J connectivity index is 2.88. The third-order valence-electron chi connectivity index (χ3n) is 3.71. The number of esters is 1. The summed E-state index contributed by atoms with van der Waals surface area (Å²) >= 11 is 0. The highest BCUT2D eigenvalue weighted by atomic mass is 19.4. The summed E-state index contributed by atoms with van der Waals surface area (Å²) in [7, 11) is 0.932. The Kier molecular flexibility index (Phi) is 9.76. The summed E-state index contributed by atoms with van der Waals surface area (Å²) in [6, 6.07) is 4.84. The first-order valence-corrected chi connectivity index (χ1v) is 9.37. The minimum Gasteiger partial charge on any atom is -0.469 e. The summed E-state index contributed by atoms with van der Waals surface area (Å²) in [4.78, 5) is 35.8. The van der Waals surface area contributed by atoms with E-state index in [1.54, 1.807) is 56.4 Å². The van der Waals surface area contributed by atoms with Crippen molar-refractivity contribution in [1.82, 2.24) is 10.6 Å². The summed E-state index contributed by atoms with van der Waals surface area (Å²) < 4.78 is 54.4. The van der Waals surface area contributed by atoms with Gasteiger partial charge in [-0.2, -0.15) is 13.2 Å². The summed E-state index contributed by atoms with van der Waals surface area (Å²) in [6.07, 6.45) is -7.03. The molecule has 0 heterocycles. The molecule has 0 radical (unpaired) electrons. The normalized spacial score (nSPS) is 13.6. The molecule has 8 nitrogen and oxygen atoms in total. The Morgan fingerprint density at radius 1 is 1.03 bits per heavy atom. The monoisotopic (exact) mass is 448 g/mol. The van der Waals surface area contributed by atoms with Gasteiger partial charge in [0.2, 0.25) is 5.91 Å². The van der Waals surface area contributed by atoms with E-state index in [1.807, 2.05) is 0 Å². The molecule has 1 aromatic carbocycles. The number of ether oxygens (including phenoxy) is 3. The topological polar surface area (TPSA) is 103 Å². The van der Waals surface area contributed by atoms with Gasteiger partial charge in [0.15, 0.2) is 0 Å². The largest absolute Gasteiger partial charge is 0.469 e. The Bertz CT molecular complexity index is 735. The number of amides is 2. The van der Waals surface area contributed by atoms with Gasteiger partial charge in [-0.15, -0.1) is 0 Å². The van der Waals surface area contributed by atoms with Crippen LogP contribution in [0.3, 0.4) is 0 Å². The number of methoxy groups -OCH3 is 1. The highest BCUT2D eigenvalue weighted by Gasteiger charge is 2.43. The van der Waals surface area contributed by atoms with Crippen LogP contribution in [0, 0.1) is 0 Å². The highest BCUT2D eigenvalue weighted by molar-refractivity contribution is 5.86. The SMILES string of the molecule is COC(=O)C[C@H](NC(=O)[C@H](COCc1ccccc1)NC(=O)OC(C)(C)C)C(F)(F)F. The number of carbonyl (C=O) groups excluding carboxylic acids is 3. The third kappa shape index (κ3) is 10.7. The quantitative estimate of drug-likeness (QED) is 0.563. The van der Waals surface area contributed by atoms with Crippen LogP contribution in [-0.4, -0.2) is 55.5 Å². The van der Waals surface area contributed by atoms with Crippen molar-refractivity contribution in [3.63, 3.8) is 0 Å². The van der Waals surface area contributed by atoms with E-state index in [4.69, 9.17) is 9.47 Å². The number of alkyl carbamates (subject to hydrolysis) is 1. The number of rotatable bonds is 9. The molecule has 2 N–H and O–H groups in total. The van der Waals surface area contributed by atoms with Crippen molar-refractivity contribution in [2.24, 2.45) is 0 Å². The molecular weight excluding hydrogens is 421 g/mol. The molecule has 0 aromatic heterocycles. The van der Waals surface area contributed by atoms with Gasteiger partial charge in [0.25, 0.3) is 0 Å². The smallest absolute Gasteiger partial charge is 0.409 e. The van der Waals surface area contributed by atoms with E-state index in [0.717, 1.165) is 12.7 Å². The van der Waals surface area contributed by atoms with Crippen LogP contribution in [0.25, 0.3) is 0 Å². The molecule has 0 aliphatic heterocycles. The maximum Gasteiger partial charge on any atom is 0.409 e. The van der Waals surface area contributed by atoms with Crippen LogP contribution in [0.1, 0.15) is 32.8 Å². The number of hydrogen-bond donors (Lipinski definition) is 2. The molecule has 1 rings (SSSR count). The van der Waals surface area contributed by atoms with Crippen LogP contribution >= 0.6 is 0 Å². The van der Waals surface area contributed by atoms with Gasteiger partial charge in [-0.1, -0.05) is 30.3 Å². The number of nitrogens with one attached hydrogen (secondary N) is 2. The predicted molar refractivity (Wildman–Crippen MR) is 104 cm³/mol. The van der Waals surface area contributed by atoms with Gasteiger partial charge >= 0.3 is 18.2 Å². The van der Waals surface area contributed by atoms with Gasteiger partial charge < -0.3 is 24.8 Å². The average molecular weight is 448 g/mol. The molecule has 0 unspecified atom stereocenters. The molecule has 0 saturated heterocycles. The first-order valence-electron chi connectivity index (χ1n) is 9.37. The van der Waals surface area contributed by atoms with Gasteiger partial charge in [0.1, 0.15) is 17.7 Å². The van der Waals surface area contributed by atoms with E-state index in [-0.39, 0.29) is 6.61 Å². The molecule has 0 aliphatic rings. The Morgan fingerprint density at radius 2 is 1.65 bits per heavy atom. The van der Waals surface area contributed by atoms with E-state index in [9.17, 15) is 27.6 Å². The predicted octanol–water partition coefficient (Wildman–Crippen LogP) is 2.71. The second-order valence-electron chi connectivity index (χ2n) is 7.58. The van der Waals surface area contributed by atoms with E-state index >= 15 is 0 Å². The van der Waals surface area contributed by atoms with Crippen LogP contribution in [0.15, 0.2) is 30.3 Å². The second-order valence-corrected chi connectivity index (χ2v) is 7.58. The number of carbonyl (C=O) groups is 3. The second kappa shape index (κ2) is 11.5. The molecular formula is C20H27F3N2O6. The molecule has 2 atom stereocenters. The summed E-state index contributed by atoms with van der Waals surface area (Å²) in [5, 5.41) is 3.93. The van der Waals surface area contributed by atoms with Crippen LogP contribution in [0.4, 0.5) is 18.0 Å². The maximum absolute atomic E-state index is 13.2. The van der Waals surface area contributed by atoms with E-state index < -0.39 is 54.9 Å². The minimum atomic E-state index is -4.91. The third-order valence-corrected chi connectivity index (χ3v) is 3.71. The lowest BCUT2D eigenvalue weighted by Crippen LogP contribution is -2.56. The molecule has 0 spiro atoms. The molecule has 11 heteroatoms. The van der Waals surface area contributed by atoms with Crippen LogP contribution in [0.2, 0.25) is 0 Å². The van der Waals surface area contributed by atoms with Gasteiger partial charge in [0.05, 0.1) is 26.7 Å². The lowest BCUT2D eigenvalue weighted by Gasteiger charge is -2.26. The molecule has 31 heavy (non-hydrogen) atoms. The summed E-state index contributed by atoms with van der Waals surface area (Å²) in [5.74, 6) is -2.34. The van der Waals surface area contributed by atoms with Gasteiger partial charge in [-0.3, -0.25) is 9.59 Å². The van der Waals surface area contributed by atoms with E-state index in [1.165, 1.54) is 0 Å². The van der Waals surface area contributed by atoms with Crippen molar-refractivity contribution in [1.29, 1.82) is 0 Å². The van der Waals surface area contributed by atoms with Crippen molar-refractivity contribution in [2.75, 3.05) is 13.7 Å². The minimum absolute atomic E-state index is 0.0610. The fourth-order valence-corrected chi connectivity index (χ4v) is 2.27. The summed E-state index contributed by atoms with van der Waals surface area (Å²) in [6.45, 7) is 4.39. The molecule has 0 bridgehead atoms. The molecule has 2 amide bonds. The molecule has 1 aromatic rings. The van der Waals surface area contributed by atoms with Crippen molar-refractivity contribution in [2.45, 2.75) is 57.7 Å². The fourth-order valence-electron chi connectivity index (χ4n) is 2.27. The Hall–Kier alpha value is -2.82. The average Bonchev–Trinajstić information content (AvgIpc) is 2.65. The van der Waals surface area contributed by atoms with Crippen molar-refractivity contribution >= 4 is 18.0 Å². The van der Waals surface area contributed by atoms with Crippen molar-refractivity contribution < 1.29 is 41.8 Å². The maximum atomic E-state index is 13.2. The standard InChI is InChI=1S/C20H27F3N2O6/c1-19(2,3)31-18(28)24-14(12-30-11-13-8-6-5-7-9-13)17(27)25-15(20(21,22)23)10-16(26)29-4/h5-9,14-15H,10-12H2,1-4H3,(H,24,28)(H,25,27)/t14-,15-/m0/s1. The number of benzene rings is 1. The van der Waals surface area contributed by atoms with Gasteiger partial charge in [0, 0.05) is 0 Å². The Labute approximate surface area is 178 Å². The van der Waals surface area contributed by atoms with Crippen molar-refractivity contribution in [3.05, 3.63) is 35.9 Å². The van der Waals surface area contributed by atoms with Gasteiger partial charge in [-0.05, 0) is 26.3 Å². The molecule has 0 fully saturated rings. The molecule has 0 saturated carbocycles. The first-order chi connectivity index (χ1) is 14.3. The van der Waals surface area contributed by atoms with Crippen LogP contribution in [0.5, 0.6) is 0 Å². The van der Waals surface area contributed by atoms with Crippen LogP contribution < -0.4 is 10.6 Å². The zero-order valence-corrected chi connectivity index (χ0v) is 17.7. The fraction of sp³-hybridized carbons (Fsp3) is 0.550. The van der Waals surface area contributed by atoms with Crippen LogP contribution in [-0.2, 0) is 30.4 Å². The molecule has 0 aliphatic carbocycles.